The molecule has 0 aliphatic heterocycles. The van der Waals surface area contributed by atoms with Gasteiger partial charge in [-0.1, -0.05) is 12.1 Å². The van der Waals surface area contributed by atoms with Crippen molar-refractivity contribution in [3.63, 3.8) is 0 Å². The van der Waals surface area contributed by atoms with E-state index in [9.17, 15) is 4.79 Å². The molecule has 1 N–H and O–H groups in total. The van der Waals surface area contributed by atoms with Crippen LogP contribution in [-0.4, -0.2) is 20.7 Å². The predicted molar refractivity (Wildman–Crippen MR) is 84.9 cm³/mol. The molecule has 3 rings (SSSR count). The van der Waals surface area contributed by atoms with Crippen LogP contribution in [0.1, 0.15) is 30.7 Å². The molecular weight excluding hydrogens is 292 g/mol. The molecule has 2 heterocycles. The van der Waals surface area contributed by atoms with E-state index in [1.54, 1.807) is 17.3 Å². The summed E-state index contributed by atoms with van der Waals surface area (Å²) in [5.41, 5.74) is 1.97. The third-order valence-electron chi connectivity index (χ3n) is 3.63. The van der Waals surface area contributed by atoms with Gasteiger partial charge in [-0.15, -0.1) is 0 Å². The fourth-order valence-corrected chi connectivity index (χ4v) is 2.35. The zero-order valence-electron chi connectivity index (χ0n) is 12.8. The zero-order chi connectivity index (χ0) is 16.1. The number of aromatic nitrogens is 3. The topological polar surface area (TPSA) is 73.0 Å². The van der Waals surface area contributed by atoms with Crippen molar-refractivity contribution in [2.75, 3.05) is 0 Å². The Balaban J connectivity index is 1.55. The van der Waals surface area contributed by atoms with Gasteiger partial charge in [0.25, 0.3) is 0 Å². The summed E-state index contributed by atoms with van der Waals surface area (Å²) in [7, 11) is 0. The number of nitrogens with one attached hydrogen (secondary N) is 1. The number of nitrogens with zero attached hydrogens (tertiary/aromatic N) is 3. The van der Waals surface area contributed by atoms with Crippen LogP contribution in [0.15, 0.2) is 59.7 Å². The summed E-state index contributed by atoms with van der Waals surface area (Å²) in [6, 6.07) is 11.5. The number of furan rings is 1. The number of amides is 1. The summed E-state index contributed by atoms with van der Waals surface area (Å²) in [5.74, 6) is 0.833. The third-order valence-corrected chi connectivity index (χ3v) is 3.63. The van der Waals surface area contributed by atoms with Gasteiger partial charge in [-0.05, 0) is 36.8 Å². The van der Waals surface area contributed by atoms with Crippen LogP contribution in [0.4, 0.5) is 0 Å². The molecule has 0 spiro atoms. The van der Waals surface area contributed by atoms with Crippen molar-refractivity contribution in [3.8, 4) is 5.69 Å². The molecule has 6 heteroatoms. The van der Waals surface area contributed by atoms with Gasteiger partial charge < -0.3 is 9.73 Å². The summed E-state index contributed by atoms with van der Waals surface area (Å²) >= 11 is 0. The minimum absolute atomic E-state index is 0.00857. The lowest BCUT2D eigenvalue weighted by Gasteiger charge is -2.14. The Morgan fingerprint density at radius 1 is 1.30 bits per heavy atom. The van der Waals surface area contributed by atoms with Gasteiger partial charge in [-0.3, -0.25) is 4.79 Å². The van der Waals surface area contributed by atoms with Crippen molar-refractivity contribution in [2.45, 2.75) is 25.8 Å². The molecule has 1 amide bonds. The van der Waals surface area contributed by atoms with Gasteiger partial charge in [0, 0.05) is 12.8 Å². The van der Waals surface area contributed by atoms with E-state index in [1.807, 2.05) is 43.3 Å². The number of carbonyl (C=O) groups is 1. The van der Waals surface area contributed by atoms with E-state index in [0.717, 1.165) is 17.0 Å². The van der Waals surface area contributed by atoms with Crippen molar-refractivity contribution < 1.29 is 9.21 Å². The first-order valence-electron chi connectivity index (χ1n) is 7.49. The van der Waals surface area contributed by atoms with E-state index in [1.165, 1.54) is 6.33 Å². The van der Waals surface area contributed by atoms with Crippen LogP contribution in [0, 0.1) is 0 Å². The number of rotatable bonds is 6. The Labute approximate surface area is 134 Å². The molecule has 6 nitrogen and oxygen atoms in total. The number of hydrogen-bond acceptors (Lipinski definition) is 4. The quantitative estimate of drug-likeness (QED) is 0.759. The maximum atomic E-state index is 12.0. The highest BCUT2D eigenvalue weighted by Gasteiger charge is 2.10. The molecule has 1 atom stereocenters. The lowest BCUT2D eigenvalue weighted by Crippen LogP contribution is -2.26. The average molecular weight is 310 g/mol. The van der Waals surface area contributed by atoms with E-state index in [0.29, 0.717) is 12.8 Å². The Morgan fingerprint density at radius 2 is 2.13 bits per heavy atom. The molecule has 3 aromatic rings. The summed E-state index contributed by atoms with van der Waals surface area (Å²) in [4.78, 5) is 15.9. The van der Waals surface area contributed by atoms with E-state index in [2.05, 4.69) is 15.4 Å². The fourth-order valence-electron chi connectivity index (χ4n) is 2.35. The van der Waals surface area contributed by atoms with Gasteiger partial charge in [0.05, 0.1) is 18.0 Å². The first-order valence-corrected chi connectivity index (χ1v) is 7.49. The van der Waals surface area contributed by atoms with Crippen LogP contribution >= 0.6 is 0 Å². The minimum Gasteiger partial charge on any atom is -0.469 e. The zero-order valence-corrected chi connectivity index (χ0v) is 12.8. The van der Waals surface area contributed by atoms with Gasteiger partial charge in [-0.25, -0.2) is 9.67 Å². The van der Waals surface area contributed by atoms with Gasteiger partial charge in [0.1, 0.15) is 18.4 Å². The van der Waals surface area contributed by atoms with Gasteiger partial charge in [0.2, 0.25) is 5.91 Å². The monoisotopic (exact) mass is 310 g/mol. The first-order chi connectivity index (χ1) is 11.2. The number of aryl methyl sites for hydroxylation is 1. The second-order valence-corrected chi connectivity index (χ2v) is 5.30. The largest absolute Gasteiger partial charge is 0.469 e. The molecule has 0 radical (unpaired) electrons. The maximum Gasteiger partial charge on any atom is 0.220 e. The smallest absolute Gasteiger partial charge is 0.220 e. The lowest BCUT2D eigenvalue weighted by molar-refractivity contribution is -0.121. The summed E-state index contributed by atoms with van der Waals surface area (Å²) in [6.45, 7) is 1.97. The molecule has 23 heavy (non-hydrogen) atoms. The second-order valence-electron chi connectivity index (χ2n) is 5.30. The Bertz CT molecular complexity index is 734. The van der Waals surface area contributed by atoms with Gasteiger partial charge in [-0.2, -0.15) is 5.10 Å². The molecule has 2 aromatic heterocycles. The molecule has 0 aliphatic rings. The Morgan fingerprint density at radius 3 is 2.78 bits per heavy atom. The molecule has 0 aliphatic carbocycles. The van der Waals surface area contributed by atoms with E-state index >= 15 is 0 Å². The summed E-state index contributed by atoms with van der Waals surface area (Å²) < 4.78 is 6.92. The van der Waals surface area contributed by atoms with Crippen molar-refractivity contribution in [1.82, 2.24) is 20.1 Å². The van der Waals surface area contributed by atoms with Gasteiger partial charge >= 0.3 is 0 Å². The molecule has 0 bridgehead atoms. The van der Waals surface area contributed by atoms with E-state index in [4.69, 9.17) is 4.42 Å². The Hall–Kier alpha value is -2.89. The van der Waals surface area contributed by atoms with E-state index < -0.39 is 0 Å². The van der Waals surface area contributed by atoms with Crippen LogP contribution in [0.3, 0.4) is 0 Å². The predicted octanol–water partition coefficient (Wildman–Crippen LogP) is 2.67. The number of benzene rings is 1. The summed E-state index contributed by atoms with van der Waals surface area (Å²) in [6.07, 6.45) is 5.78. The average Bonchev–Trinajstić information content (AvgIpc) is 3.26. The molecule has 0 saturated heterocycles. The molecule has 0 fully saturated rings. The molecule has 118 valence electrons. The van der Waals surface area contributed by atoms with Crippen LogP contribution in [0.25, 0.3) is 5.69 Å². The highest BCUT2D eigenvalue weighted by molar-refractivity contribution is 5.76. The van der Waals surface area contributed by atoms with Crippen molar-refractivity contribution >= 4 is 5.91 Å². The normalized spacial score (nSPS) is 12.0. The first kappa shape index (κ1) is 15.0. The molecule has 0 saturated carbocycles. The van der Waals surface area contributed by atoms with Crippen molar-refractivity contribution in [1.29, 1.82) is 0 Å². The number of carbonyl (C=O) groups excluding carboxylic acids is 1. The second kappa shape index (κ2) is 6.91. The minimum atomic E-state index is -0.0519. The van der Waals surface area contributed by atoms with Crippen molar-refractivity contribution in [3.05, 3.63) is 66.6 Å². The number of hydrogen-bond donors (Lipinski definition) is 1. The Kier molecular flexibility index (Phi) is 4.52. The summed E-state index contributed by atoms with van der Waals surface area (Å²) in [5, 5.41) is 7.08. The molecule has 1 aromatic carbocycles. The van der Waals surface area contributed by atoms with Crippen LogP contribution in [0.2, 0.25) is 0 Å². The van der Waals surface area contributed by atoms with Crippen molar-refractivity contribution in [2.24, 2.45) is 0 Å². The van der Waals surface area contributed by atoms with Crippen LogP contribution < -0.4 is 5.32 Å². The molecular formula is C17H18N4O2. The van der Waals surface area contributed by atoms with Gasteiger partial charge in [0.15, 0.2) is 0 Å². The fraction of sp³-hybridized carbons (Fsp3) is 0.235. The molecule has 0 unspecified atom stereocenters. The highest BCUT2D eigenvalue weighted by atomic mass is 16.3. The van der Waals surface area contributed by atoms with Crippen LogP contribution in [0.5, 0.6) is 0 Å². The maximum absolute atomic E-state index is 12.0. The van der Waals surface area contributed by atoms with E-state index in [-0.39, 0.29) is 11.9 Å². The SMILES string of the molecule is C[C@@H](NC(=O)CCc1ccco1)c1ccc(-n2cncn2)cc1. The lowest BCUT2D eigenvalue weighted by atomic mass is 10.1. The third kappa shape index (κ3) is 3.85. The standard InChI is InChI=1S/C17H18N4O2/c1-13(20-17(22)9-8-16-3-2-10-23-16)14-4-6-15(7-5-14)21-12-18-11-19-21/h2-7,10-13H,8-9H2,1H3,(H,20,22)/t13-/m1/s1. The van der Waals surface area contributed by atoms with Crippen LogP contribution in [-0.2, 0) is 11.2 Å². The highest BCUT2D eigenvalue weighted by Crippen LogP contribution is 2.15.